The van der Waals surface area contributed by atoms with E-state index in [4.69, 9.17) is 0 Å². The van der Waals surface area contributed by atoms with Crippen LogP contribution in [0.15, 0.2) is 18.7 Å². The van der Waals surface area contributed by atoms with E-state index >= 15 is 0 Å². The second-order valence-corrected chi connectivity index (χ2v) is 5.84. The van der Waals surface area contributed by atoms with Crippen LogP contribution in [0.25, 0.3) is 0 Å². The first-order valence-electron chi connectivity index (χ1n) is 7.61. The Balaban J connectivity index is 2.01. The molecule has 1 aliphatic rings. The second kappa shape index (κ2) is 6.74. The molecule has 6 nitrogen and oxygen atoms in total. The lowest BCUT2D eigenvalue weighted by Gasteiger charge is -2.40. The van der Waals surface area contributed by atoms with E-state index in [1.165, 1.54) is 0 Å². The number of nitrogens with one attached hydrogen (secondary N) is 1. The Bertz CT molecular complexity index is 484. The molecule has 2 heterocycles. The molecule has 1 aromatic rings. The summed E-state index contributed by atoms with van der Waals surface area (Å²) >= 11 is 0. The number of carbonyl (C=O) groups excluding carboxylic acids is 2. The van der Waals surface area contributed by atoms with E-state index in [0.717, 1.165) is 13.0 Å². The lowest BCUT2D eigenvalue weighted by molar-refractivity contribution is -0.150. The van der Waals surface area contributed by atoms with Crippen LogP contribution in [0, 0.1) is 5.92 Å². The SMILES string of the molecule is CCC1C(=O)NC(C(C)C)C(=O)N1CCCn1ccnc1. The summed E-state index contributed by atoms with van der Waals surface area (Å²) in [5.41, 5.74) is 0. The number of carbonyl (C=O) groups is 2. The van der Waals surface area contributed by atoms with E-state index in [1.54, 1.807) is 17.4 Å². The predicted molar refractivity (Wildman–Crippen MR) is 79.4 cm³/mol. The molecular weight excluding hydrogens is 268 g/mol. The third kappa shape index (κ3) is 3.43. The number of hydrogen-bond donors (Lipinski definition) is 1. The topological polar surface area (TPSA) is 67.2 Å². The smallest absolute Gasteiger partial charge is 0.246 e. The van der Waals surface area contributed by atoms with Crippen molar-refractivity contribution in [3.8, 4) is 0 Å². The van der Waals surface area contributed by atoms with Crippen molar-refractivity contribution in [1.82, 2.24) is 19.8 Å². The fourth-order valence-corrected chi connectivity index (χ4v) is 2.75. The van der Waals surface area contributed by atoms with Gasteiger partial charge in [0.1, 0.15) is 12.1 Å². The van der Waals surface area contributed by atoms with Gasteiger partial charge in [-0.05, 0) is 18.8 Å². The van der Waals surface area contributed by atoms with E-state index in [-0.39, 0.29) is 23.8 Å². The Labute approximate surface area is 125 Å². The van der Waals surface area contributed by atoms with Gasteiger partial charge in [-0.3, -0.25) is 9.59 Å². The molecule has 2 atom stereocenters. The van der Waals surface area contributed by atoms with Crippen LogP contribution >= 0.6 is 0 Å². The molecule has 6 heteroatoms. The normalized spacial score (nSPS) is 22.8. The highest BCUT2D eigenvalue weighted by Gasteiger charge is 2.40. The van der Waals surface area contributed by atoms with Crippen molar-refractivity contribution in [3.05, 3.63) is 18.7 Å². The number of aryl methyl sites for hydroxylation is 1. The maximum Gasteiger partial charge on any atom is 0.246 e. The van der Waals surface area contributed by atoms with Crippen molar-refractivity contribution in [2.24, 2.45) is 5.92 Å². The maximum atomic E-state index is 12.6. The van der Waals surface area contributed by atoms with Gasteiger partial charge in [-0.2, -0.15) is 0 Å². The molecule has 1 aromatic heterocycles. The molecule has 2 rings (SSSR count). The van der Waals surface area contributed by atoms with Gasteiger partial charge >= 0.3 is 0 Å². The number of nitrogens with zero attached hydrogens (tertiary/aromatic N) is 3. The largest absolute Gasteiger partial charge is 0.342 e. The van der Waals surface area contributed by atoms with Crippen LogP contribution in [-0.2, 0) is 16.1 Å². The van der Waals surface area contributed by atoms with Gasteiger partial charge < -0.3 is 14.8 Å². The first-order valence-corrected chi connectivity index (χ1v) is 7.61. The van der Waals surface area contributed by atoms with Crippen molar-refractivity contribution < 1.29 is 9.59 Å². The molecule has 0 aliphatic carbocycles. The van der Waals surface area contributed by atoms with Crippen LogP contribution in [0.1, 0.15) is 33.6 Å². The maximum absolute atomic E-state index is 12.6. The average molecular weight is 292 g/mol. The summed E-state index contributed by atoms with van der Waals surface area (Å²) in [5, 5.41) is 2.86. The molecule has 1 saturated heterocycles. The van der Waals surface area contributed by atoms with Crippen molar-refractivity contribution in [3.63, 3.8) is 0 Å². The molecule has 0 bridgehead atoms. The minimum atomic E-state index is -0.395. The average Bonchev–Trinajstić information content (AvgIpc) is 2.95. The molecule has 1 fully saturated rings. The summed E-state index contributed by atoms with van der Waals surface area (Å²) in [6.07, 6.45) is 6.87. The Morgan fingerprint density at radius 2 is 2.10 bits per heavy atom. The Hall–Kier alpha value is -1.85. The van der Waals surface area contributed by atoms with Crippen molar-refractivity contribution in [2.75, 3.05) is 6.54 Å². The van der Waals surface area contributed by atoms with Crippen molar-refractivity contribution >= 4 is 11.8 Å². The number of rotatable bonds is 6. The van der Waals surface area contributed by atoms with E-state index in [0.29, 0.717) is 13.0 Å². The summed E-state index contributed by atoms with van der Waals surface area (Å²) in [6.45, 7) is 7.26. The minimum Gasteiger partial charge on any atom is -0.342 e. The molecule has 21 heavy (non-hydrogen) atoms. The zero-order valence-electron chi connectivity index (χ0n) is 13.0. The first-order chi connectivity index (χ1) is 10.0. The molecule has 2 unspecified atom stereocenters. The van der Waals surface area contributed by atoms with E-state index < -0.39 is 6.04 Å². The van der Waals surface area contributed by atoms with Crippen LogP contribution in [0.5, 0.6) is 0 Å². The molecule has 0 spiro atoms. The zero-order chi connectivity index (χ0) is 15.4. The number of piperazine rings is 1. The van der Waals surface area contributed by atoms with Crippen LogP contribution in [0.2, 0.25) is 0 Å². The molecule has 0 saturated carbocycles. The van der Waals surface area contributed by atoms with Crippen LogP contribution in [-0.4, -0.2) is 44.9 Å². The van der Waals surface area contributed by atoms with E-state index in [2.05, 4.69) is 10.3 Å². The fourth-order valence-electron chi connectivity index (χ4n) is 2.75. The van der Waals surface area contributed by atoms with Crippen molar-refractivity contribution in [1.29, 1.82) is 0 Å². The molecule has 1 N–H and O–H groups in total. The molecule has 2 amide bonds. The van der Waals surface area contributed by atoms with Gasteiger partial charge in [-0.15, -0.1) is 0 Å². The van der Waals surface area contributed by atoms with E-state index in [9.17, 15) is 9.59 Å². The third-order valence-corrected chi connectivity index (χ3v) is 3.95. The van der Waals surface area contributed by atoms with Gasteiger partial charge in [-0.1, -0.05) is 20.8 Å². The van der Waals surface area contributed by atoms with E-state index in [1.807, 2.05) is 31.5 Å². The quantitative estimate of drug-likeness (QED) is 0.851. The van der Waals surface area contributed by atoms with Gasteiger partial charge in [0.15, 0.2) is 0 Å². The predicted octanol–water partition coefficient (Wildman–Crippen LogP) is 1.03. The lowest BCUT2D eigenvalue weighted by atomic mass is 9.97. The fraction of sp³-hybridized carbons (Fsp3) is 0.667. The number of amides is 2. The number of imidazole rings is 1. The summed E-state index contributed by atoms with van der Waals surface area (Å²) in [5.74, 6) is 0.121. The summed E-state index contributed by atoms with van der Waals surface area (Å²) in [6, 6.07) is -0.733. The number of aromatic nitrogens is 2. The first kappa shape index (κ1) is 15.5. The van der Waals surface area contributed by atoms with Crippen LogP contribution < -0.4 is 5.32 Å². The van der Waals surface area contributed by atoms with Crippen LogP contribution in [0.4, 0.5) is 0 Å². The monoisotopic (exact) mass is 292 g/mol. The molecular formula is C15H24N4O2. The third-order valence-electron chi connectivity index (χ3n) is 3.95. The highest BCUT2D eigenvalue weighted by molar-refractivity contribution is 5.97. The highest BCUT2D eigenvalue weighted by Crippen LogP contribution is 2.18. The van der Waals surface area contributed by atoms with Gasteiger partial charge in [0.05, 0.1) is 6.33 Å². The Morgan fingerprint density at radius 3 is 2.67 bits per heavy atom. The molecule has 116 valence electrons. The highest BCUT2D eigenvalue weighted by atomic mass is 16.2. The molecule has 0 radical (unpaired) electrons. The van der Waals surface area contributed by atoms with Crippen LogP contribution in [0.3, 0.4) is 0 Å². The second-order valence-electron chi connectivity index (χ2n) is 5.84. The van der Waals surface area contributed by atoms with Crippen molar-refractivity contribution in [2.45, 2.75) is 52.2 Å². The lowest BCUT2D eigenvalue weighted by Crippen LogP contribution is -2.64. The molecule has 0 aromatic carbocycles. The van der Waals surface area contributed by atoms with Gasteiger partial charge in [0.2, 0.25) is 11.8 Å². The standard InChI is InChI=1S/C15H24N4O2/c1-4-12-14(20)17-13(11(2)3)15(21)19(12)8-5-7-18-9-6-16-10-18/h6,9-13H,4-5,7-8H2,1-3H3,(H,17,20). The number of hydrogen-bond acceptors (Lipinski definition) is 3. The molecule has 1 aliphatic heterocycles. The summed E-state index contributed by atoms with van der Waals surface area (Å²) in [7, 11) is 0. The van der Waals surface area contributed by atoms with Gasteiger partial charge in [0.25, 0.3) is 0 Å². The van der Waals surface area contributed by atoms with Gasteiger partial charge in [-0.25, -0.2) is 4.98 Å². The summed E-state index contributed by atoms with van der Waals surface area (Å²) < 4.78 is 1.98. The summed E-state index contributed by atoms with van der Waals surface area (Å²) in [4.78, 5) is 30.5. The Morgan fingerprint density at radius 1 is 1.33 bits per heavy atom. The zero-order valence-corrected chi connectivity index (χ0v) is 13.0. The van der Waals surface area contributed by atoms with Gasteiger partial charge in [0, 0.05) is 25.5 Å². The minimum absolute atomic E-state index is 0.0292. The Kier molecular flexibility index (Phi) is 4.98.